The Labute approximate surface area is 309 Å². The van der Waals surface area contributed by atoms with Gasteiger partial charge in [-0.2, -0.15) is 4.98 Å². The number of likely N-dealkylation sites (tertiary alicyclic amines) is 1. The maximum atomic E-state index is 15.2. The lowest BCUT2D eigenvalue weighted by Crippen LogP contribution is -2.47. The molecule has 4 aromatic rings. The summed E-state index contributed by atoms with van der Waals surface area (Å²) in [4.78, 5) is 42.0. The van der Waals surface area contributed by atoms with E-state index in [0.717, 1.165) is 69.7 Å². The Bertz CT molecular complexity index is 1880. The molecule has 2 N–H and O–H groups in total. The molecule has 13 heteroatoms. The smallest absolute Gasteiger partial charge is 0.262 e. The van der Waals surface area contributed by atoms with Crippen LogP contribution in [0.2, 0.25) is 5.02 Å². The van der Waals surface area contributed by atoms with Gasteiger partial charge >= 0.3 is 0 Å². The van der Waals surface area contributed by atoms with E-state index in [4.69, 9.17) is 21.1 Å². The lowest BCUT2D eigenvalue weighted by molar-refractivity contribution is 0.0792. The van der Waals surface area contributed by atoms with Crippen molar-refractivity contribution in [1.29, 1.82) is 0 Å². The molecule has 2 aliphatic heterocycles. The van der Waals surface area contributed by atoms with Gasteiger partial charge in [0.15, 0.2) is 11.6 Å². The van der Waals surface area contributed by atoms with Gasteiger partial charge in [-0.05, 0) is 81.1 Å². The zero-order chi connectivity index (χ0) is 36.6. The molecule has 2 aliphatic rings. The Morgan fingerprint density at radius 2 is 1.60 bits per heavy atom. The van der Waals surface area contributed by atoms with Crippen LogP contribution in [-0.4, -0.2) is 95.4 Å². The van der Waals surface area contributed by atoms with E-state index in [-0.39, 0.29) is 39.8 Å². The van der Waals surface area contributed by atoms with Crippen LogP contribution in [0.3, 0.4) is 0 Å². The van der Waals surface area contributed by atoms with Gasteiger partial charge in [0.25, 0.3) is 11.8 Å². The molecule has 2 saturated heterocycles. The SMILES string of the molecule is CCCN1CCN(CCOc2ccc(Nc3ncc(C(=O)Nc4c(C)cccc4C)c(Oc4ccc(C(=O)N5CCCC5)cc4Cl)n3)cc2F)CC1. The summed E-state index contributed by atoms with van der Waals surface area (Å²) >= 11 is 6.62. The molecule has 3 heterocycles. The highest BCUT2D eigenvalue weighted by molar-refractivity contribution is 6.32. The van der Waals surface area contributed by atoms with Crippen LogP contribution in [0.5, 0.6) is 17.4 Å². The number of ether oxygens (including phenoxy) is 2. The number of nitrogens with zero attached hydrogens (tertiary/aromatic N) is 5. The van der Waals surface area contributed by atoms with E-state index in [2.05, 4.69) is 37.3 Å². The number of amides is 2. The quantitative estimate of drug-likeness (QED) is 0.146. The second-order valence-electron chi connectivity index (χ2n) is 13.2. The van der Waals surface area contributed by atoms with Gasteiger partial charge in [-0.15, -0.1) is 0 Å². The maximum Gasteiger partial charge on any atom is 0.262 e. The molecular formula is C39H45ClFN7O4. The average Bonchev–Trinajstić information content (AvgIpc) is 3.68. The number of hydrogen-bond donors (Lipinski definition) is 2. The first-order valence-corrected chi connectivity index (χ1v) is 18.2. The van der Waals surface area contributed by atoms with E-state index in [1.54, 1.807) is 35.2 Å². The second kappa shape index (κ2) is 17.2. The Morgan fingerprint density at radius 1 is 0.904 bits per heavy atom. The minimum Gasteiger partial charge on any atom is -0.489 e. The molecule has 1 aromatic heterocycles. The number of carbonyl (C=O) groups excluding carboxylic acids is 2. The number of para-hydroxylation sites is 1. The number of anilines is 3. The van der Waals surface area contributed by atoms with Crippen molar-refractivity contribution in [3.8, 4) is 17.4 Å². The first-order valence-electron chi connectivity index (χ1n) is 17.8. The fourth-order valence-corrected chi connectivity index (χ4v) is 6.66. The molecule has 0 atom stereocenters. The summed E-state index contributed by atoms with van der Waals surface area (Å²) in [7, 11) is 0. The standard InChI is InChI=1S/C39H45ClFN7O4/c1-4-14-46-17-19-47(20-18-46)21-22-51-34-13-11-29(24-32(34)41)43-39-42-25-30(36(49)44-35-26(2)8-7-9-27(35)3)37(45-39)52-33-12-10-28(23-31(33)40)38(50)48-15-5-6-16-48/h7-13,23-25H,4-6,14-22H2,1-3H3,(H,44,49)(H,42,43,45). The van der Waals surface area contributed by atoms with Crippen LogP contribution in [0.4, 0.5) is 21.7 Å². The predicted octanol–water partition coefficient (Wildman–Crippen LogP) is 7.32. The molecule has 2 fully saturated rings. The molecule has 0 spiro atoms. The van der Waals surface area contributed by atoms with Crippen LogP contribution in [-0.2, 0) is 0 Å². The fraction of sp³-hybridized carbons (Fsp3) is 0.385. The van der Waals surface area contributed by atoms with Gasteiger partial charge in [-0.1, -0.05) is 36.7 Å². The van der Waals surface area contributed by atoms with E-state index >= 15 is 4.39 Å². The predicted molar refractivity (Wildman–Crippen MR) is 201 cm³/mol. The number of rotatable bonds is 13. The minimum absolute atomic E-state index is 0.0446. The Morgan fingerprint density at radius 3 is 2.27 bits per heavy atom. The van der Waals surface area contributed by atoms with Crippen LogP contribution in [0.1, 0.15) is 58.0 Å². The van der Waals surface area contributed by atoms with Crippen molar-refractivity contribution in [3.63, 3.8) is 0 Å². The number of aromatic nitrogens is 2. The van der Waals surface area contributed by atoms with Crippen molar-refractivity contribution in [2.75, 3.05) is 69.6 Å². The number of halogens is 2. The summed E-state index contributed by atoms with van der Waals surface area (Å²) in [6.45, 7) is 13.7. The van der Waals surface area contributed by atoms with E-state index < -0.39 is 11.7 Å². The molecule has 0 saturated carbocycles. The van der Waals surface area contributed by atoms with Gasteiger partial charge in [0.1, 0.15) is 17.9 Å². The van der Waals surface area contributed by atoms with Gasteiger partial charge in [-0.25, -0.2) is 9.37 Å². The number of hydrogen-bond acceptors (Lipinski definition) is 9. The first kappa shape index (κ1) is 37.0. The van der Waals surface area contributed by atoms with Crippen LogP contribution in [0.25, 0.3) is 0 Å². The van der Waals surface area contributed by atoms with Crippen LogP contribution in [0, 0.1) is 19.7 Å². The molecular weight excluding hydrogens is 685 g/mol. The molecule has 3 aromatic carbocycles. The second-order valence-corrected chi connectivity index (χ2v) is 13.6. The van der Waals surface area contributed by atoms with E-state index in [1.165, 1.54) is 12.3 Å². The average molecular weight is 730 g/mol. The third kappa shape index (κ3) is 9.17. The summed E-state index contributed by atoms with van der Waals surface area (Å²) in [5.41, 5.74) is 3.29. The molecule has 274 valence electrons. The van der Waals surface area contributed by atoms with E-state index in [9.17, 15) is 9.59 Å². The zero-order valence-electron chi connectivity index (χ0n) is 29.9. The van der Waals surface area contributed by atoms with Gasteiger partial charge in [-0.3, -0.25) is 14.5 Å². The lowest BCUT2D eigenvalue weighted by Gasteiger charge is -2.34. The van der Waals surface area contributed by atoms with Crippen molar-refractivity contribution in [2.45, 2.75) is 40.0 Å². The molecule has 0 aliphatic carbocycles. The highest BCUT2D eigenvalue weighted by atomic mass is 35.5. The topological polar surface area (TPSA) is 112 Å². The van der Waals surface area contributed by atoms with Crippen molar-refractivity contribution in [2.24, 2.45) is 0 Å². The van der Waals surface area contributed by atoms with Gasteiger partial charge in [0.2, 0.25) is 11.8 Å². The molecule has 0 bridgehead atoms. The van der Waals surface area contributed by atoms with Crippen molar-refractivity contribution in [3.05, 3.63) is 93.9 Å². The van der Waals surface area contributed by atoms with Gasteiger partial charge in [0.05, 0.1) is 5.02 Å². The van der Waals surface area contributed by atoms with Crippen molar-refractivity contribution < 1.29 is 23.5 Å². The maximum absolute atomic E-state index is 15.2. The molecule has 11 nitrogen and oxygen atoms in total. The highest BCUT2D eigenvalue weighted by Gasteiger charge is 2.23. The monoisotopic (exact) mass is 729 g/mol. The summed E-state index contributed by atoms with van der Waals surface area (Å²) < 4.78 is 27.1. The number of carbonyl (C=O) groups is 2. The molecule has 0 radical (unpaired) electrons. The Kier molecular flexibility index (Phi) is 12.2. The fourth-order valence-electron chi connectivity index (χ4n) is 6.44. The normalized spacial score (nSPS) is 15.1. The van der Waals surface area contributed by atoms with Gasteiger partial charge < -0.3 is 29.9 Å². The number of piperazine rings is 1. The number of aryl methyl sites for hydroxylation is 2. The molecule has 52 heavy (non-hydrogen) atoms. The van der Waals surface area contributed by atoms with E-state index in [1.807, 2.05) is 32.0 Å². The Balaban J connectivity index is 1.17. The molecule has 6 rings (SSSR count). The first-order chi connectivity index (χ1) is 25.2. The van der Waals surface area contributed by atoms with Crippen molar-refractivity contribution >= 4 is 40.7 Å². The Hall–Kier alpha value is -4.78. The van der Waals surface area contributed by atoms with Crippen LogP contribution >= 0.6 is 11.6 Å². The number of benzene rings is 3. The van der Waals surface area contributed by atoms with E-state index in [0.29, 0.717) is 36.6 Å². The third-order valence-corrected chi connectivity index (χ3v) is 9.65. The van der Waals surface area contributed by atoms with Crippen LogP contribution < -0.4 is 20.1 Å². The lowest BCUT2D eigenvalue weighted by atomic mass is 10.1. The number of nitrogens with one attached hydrogen (secondary N) is 2. The zero-order valence-corrected chi connectivity index (χ0v) is 30.6. The summed E-state index contributed by atoms with van der Waals surface area (Å²) in [5, 5.41) is 6.12. The minimum atomic E-state index is -0.533. The third-order valence-electron chi connectivity index (χ3n) is 9.35. The highest BCUT2D eigenvalue weighted by Crippen LogP contribution is 2.33. The summed E-state index contributed by atoms with van der Waals surface area (Å²) in [6.07, 6.45) is 4.43. The van der Waals surface area contributed by atoms with Gasteiger partial charge in [0, 0.05) is 75.0 Å². The molecule has 2 amide bonds. The summed E-state index contributed by atoms with van der Waals surface area (Å²) in [5.74, 6) is -0.803. The van der Waals surface area contributed by atoms with Crippen molar-refractivity contribution in [1.82, 2.24) is 24.7 Å². The van der Waals surface area contributed by atoms with Crippen LogP contribution in [0.15, 0.2) is 60.8 Å². The largest absolute Gasteiger partial charge is 0.489 e. The summed E-state index contributed by atoms with van der Waals surface area (Å²) in [6, 6.07) is 15.0. The molecule has 0 unspecified atom stereocenters.